The van der Waals surface area contributed by atoms with Gasteiger partial charge in [0, 0.05) is 6.42 Å². The number of allylic oxidation sites excluding steroid dienone is 13. The van der Waals surface area contributed by atoms with Crippen molar-refractivity contribution in [3.8, 4) is 0 Å². The van der Waals surface area contributed by atoms with Gasteiger partial charge < -0.3 is 28.8 Å². The van der Waals surface area contributed by atoms with Crippen molar-refractivity contribution in [3.05, 3.63) is 85.1 Å². The van der Waals surface area contributed by atoms with Gasteiger partial charge in [-0.25, -0.2) is 0 Å². The van der Waals surface area contributed by atoms with Crippen LogP contribution in [0.3, 0.4) is 0 Å². The fraction of sp³-hybridized carbons (Fsp3) is 0.754. The molecule has 0 aromatic heterocycles. The summed E-state index contributed by atoms with van der Waals surface area (Å²) in [6, 6.07) is -0.897. The molecule has 0 fully saturated rings. The SMILES string of the molecule is CC/C=C\C/C=C\C/C=C\C/C=C\C/C=C\C/C=C\CCCCCCCCCCC(=O)NC(COP(=O)([O-])OCC[N+](C)(C)C)C(O)/C=C/CCCCCCCCCCCCCCCCCCCCC. The third-order valence-electron chi connectivity index (χ3n) is 12.6. The van der Waals surface area contributed by atoms with Crippen molar-refractivity contribution in [2.24, 2.45) is 0 Å². The number of hydrogen-bond donors (Lipinski definition) is 2. The Morgan fingerprint density at radius 3 is 1.27 bits per heavy atom. The lowest BCUT2D eigenvalue weighted by Crippen LogP contribution is -2.45. The first kappa shape index (κ1) is 67.7. The summed E-state index contributed by atoms with van der Waals surface area (Å²) in [7, 11) is 1.25. The molecule has 3 atom stereocenters. The summed E-state index contributed by atoms with van der Waals surface area (Å²) >= 11 is 0. The molecule has 3 unspecified atom stereocenters. The number of aliphatic hydroxyl groups is 1. The topological polar surface area (TPSA) is 108 Å². The zero-order chi connectivity index (χ0) is 51.3. The predicted molar refractivity (Wildman–Crippen MR) is 302 cm³/mol. The molecule has 9 heteroatoms. The highest BCUT2D eigenvalue weighted by Crippen LogP contribution is 2.38. The fourth-order valence-corrected chi connectivity index (χ4v) is 8.82. The summed E-state index contributed by atoms with van der Waals surface area (Å²) in [5.74, 6) is -0.207. The first-order valence-electron chi connectivity index (χ1n) is 28.9. The van der Waals surface area contributed by atoms with E-state index in [-0.39, 0.29) is 19.1 Å². The van der Waals surface area contributed by atoms with E-state index in [0.717, 1.165) is 89.9 Å². The minimum Gasteiger partial charge on any atom is -0.756 e. The molecular formula is C61H111N2O6P. The second-order valence-electron chi connectivity index (χ2n) is 20.6. The Kier molecular flexibility index (Phi) is 49.9. The molecule has 0 aromatic rings. The molecule has 0 saturated carbocycles. The lowest BCUT2D eigenvalue weighted by Gasteiger charge is -2.29. The number of phosphoric acid groups is 1. The van der Waals surface area contributed by atoms with E-state index < -0.39 is 20.0 Å². The van der Waals surface area contributed by atoms with Crippen molar-refractivity contribution in [1.29, 1.82) is 0 Å². The van der Waals surface area contributed by atoms with Crippen molar-refractivity contribution in [1.82, 2.24) is 5.32 Å². The molecule has 0 aliphatic carbocycles. The van der Waals surface area contributed by atoms with Crippen LogP contribution in [0.1, 0.15) is 245 Å². The van der Waals surface area contributed by atoms with E-state index in [1.54, 1.807) is 6.08 Å². The first-order valence-corrected chi connectivity index (χ1v) is 30.4. The van der Waals surface area contributed by atoms with Crippen LogP contribution < -0.4 is 10.2 Å². The van der Waals surface area contributed by atoms with E-state index in [1.807, 2.05) is 27.2 Å². The maximum absolute atomic E-state index is 13.0. The fourth-order valence-electron chi connectivity index (χ4n) is 8.10. The van der Waals surface area contributed by atoms with Crippen molar-refractivity contribution in [2.75, 3.05) is 40.9 Å². The largest absolute Gasteiger partial charge is 0.756 e. The summed E-state index contributed by atoms with van der Waals surface area (Å²) in [5.41, 5.74) is 0. The molecule has 0 aliphatic heterocycles. The van der Waals surface area contributed by atoms with Gasteiger partial charge in [-0.05, 0) is 70.6 Å². The van der Waals surface area contributed by atoms with Crippen molar-refractivity contribution < 1.29 is 32.9 Å². The van der Waals surface area contributed by atoms with Gasteiger partial charge in [0.25, 0.3) is 7.82 Å². The number of likely N-dealkylation sites (N-methyl/N-ethyl adjacent to an activating group) is 1. The summed E-state index contributed by atoms with van der Waals surface area (Å²) in [4.78, 5) is 25.5. The number of phosphoric ester groups is 1. The van der Waals surface area contributed by atoms with Crippen LogP contribution in [0.4, 0.5) is 0 Å². The van der Waals surface area contributed by atoms with E-state index in [4.69, 9.17) is 9.05 Å². The number of hydrogen-bond acceptors (Lipinski definition) is 6. The van der Waals surface area contributed by atoms with E-state index in [9.17, 15) is 19.4 Å². The quantitative estimate of drug-likeness (QED) is 0.0272. The minimum absolute atomic E-state index is 0.00643. The van der Waals surface area contributed by atoms with Crippen molar-refractivity contribution in [3.63, 3.8) is 0 Å². The Morgan fingerprint density at radius 2 is 0.871 bits per heavy atom. The molecule has 8 nitrogen and oxygen atoms in total. The average Bonchev–Trinajstić information content (AvgIpc) is 3.32. The van der Waals surface area contributed by atoms with Gasteiger partial charge in [0.2, 0.25) is 5.91 Å². The Hall–Kier alpha value is -2.32. The zero-order valence-corrected chi connectivity index (χ0v) is 47.1. The van der Waals surface area contributed by atoms with Crippen LogP contribution in [-0.4, -0.2) is 68.5 Å². The molecule has 0 bridgehead atoms. The number of unbranched alkanes of at least 4 members (excludes halogenated alkanes) is 27. The smallest absolute Gasteiger partial charge is 0.268 e. The molecule has 2 N–H and O–H groups in total. The molecule has 0 rings (SSSR count). The number of amides is 1. The maximum atomic E-state index is 13.0. The number of quaternary nitrogens is 1. The Labute approximate surface area is 433 Å². The number of aliphatic hydroxyl groups excluding tert-OH is 1. The molecule has 0 heterocycles. The predicted octanol–water partition coefficient (Wildman–Crippen LogP) is 17.0. The van der Waals surface area contributed by atoms with Crippen LogP contribution in [0.15, 0.2) is 85.1 Å². The Bertz CT molecular complexity index is 1410. The summed E-state index contributed by atoms with van der Waals surface area (Å²) in [6.07, 6.45) is 72.2. The van der Waals surface area contributed by atoms with Crippen LogP contribution in [0.5, 0.6) is 0 Å². The molecule has 70 heavy (non-hydrogen) atoms. The lowest BCUT2D eigenvalue weighted by atomic mass is 10.0. The summed E-state index contributed by atoms with van der Waals surface area (Å²) in [6.45, 7) is 4.54. The second kappa shape index (κ2) is 51.6. The normalized spacial score (nSPS) is 14.6. The van der Waals surface area contributed by atoms with Crippen LogP contribution >= 0.6 is 7.82 Å². The number of nitrogens with one attached hydrogen (secondary N) is 1. The second-order valence-corrected chi connectivity index (χ2v) is 22.0. The molecular weight excluding hydrogens is 888 g/mol. The maximum Gasteiger partial charge on any atom is 0.268 e. The monoisotopic (exact) mass is 999 g/mol. The molecule has 0 aliphatic rings. The van der Waals surface area contributed by atoms with E-state index >= 15 is 0 Å². The molecule has 406 valence electrons. The van der Waals surface area contributed by atoms with Gasteiger partial charge in [-0.1, -0.05) is 253 Å². The average molecular weight is 1000 g/mol. The molecule has 0 spiro atoms. The van der Waals surface area contributed by atoms with Gasteiger partial charge in [0.15, 0.2) is 0 Å². The van der Waals surface area contributed by atoms with Crippen LogP contribution in [0.2, 0.25) is 0 Å². The third kappa shape index (κ3) is 53.5. The number of nitrogens with zero attached hydrogens (tertiary/aromatic N) is 1. The summed E-state index contributed by atoms with van der Waals surface area (Å²) in [5, 5.41) is 13.9. The molecule has 0 aromatic carbocycles. The lowest BCUT2D eigenvalue weighted by molar-refractivity contribution is -0.870. The first-order chi connectivity index (χ1) is 34.0. The number of carbonyl (C=O) groups is 1. The summed E-state index contributed by atoms with van der Waals surface area (Å²) < 4.78 is 23.4. The Morgan fingerprint density at radius 1 is 0.514 bits per heavy atom. The Balaban J connectivity index is 4.26. The number of carbonyl (C=O) groups excluding carboxylic acids is 1. The zero-order valence-electron chi connectivity index (χ0n) is 46.2. The van der Waals surface area contributed by atoms with E-state index in [0.29, 0.717) is 17.4 Å². The van der Waals surface area contributed by atoms with E-state index in [2.05, 4.69) is 92.1 Å². The van der Waals surface area contributed by atoms with Gasteiger partial charge >= 0.3 is 0 Å². The highest BCUT2D eigenvalue weighted by atomic mass is 31.2. The molecule has 0 radical (unpaired) electrons. The van der Waals surface area contributed by atoms with Crippen molar-refractivity contribution in [2.45, 2.75) is 257 Å². The van der Waals surface area contributed by atoms with Gasteiger partial charge in [-0.3, -0.25) is 9.36 Å². The van der Waals surface area contributed by atoms with Gasteiger partial charge in [-0.15, -0.1) is 0 Å². The van der Waals surface area contributed by atoms with E-state index in [1.165, 1.54) is 135 Å². The molecule has 1 amide bonds. The minimum atomic E-state index is -4.61. The van der Waals surface area contributed by atoms with Crippen LogP contribution in [0, 0.1) is 0 Å². The van der Waals surface area contributed by atoms with Crippen LogP contribution in [0.25, 0.3) is 0 Å². The standard InChI is InChI=1S/C61H111N2O6P/c1-6-8-10-12-14-16-18-20-22-24-26-28-29-30-31-32-33-35-37-39-41-43-45-47-49-51-53-55-61(65)62-59(58-69-70(66,67)68-57-56-63(3,4)5)60(64)54-52-50-48-46-44-42-40-38-36-34-27-25-23-21-19-17-15-13-11-9-7-2/h8,10,14,16,20,22,26,28,30-31,33,35,52,54,59-60,64H,6-7,9,11-13,15,17-19,21,23-25,27,29,32,34,36-51,53,55-58H2,1-5H3,(H-,62,65,66,67)/b10-8-,16-14-,22-20-,28-26-,31-30-,35-33-,54-52+. The highest BCUT2D eigenvalue weighted by Gasteiger charge is 2.23. The molecule has 0 saturated heterocycles. The van der Waals surface area contributed by atoms with Crippen molar-refractivity contribution >= 4 is 13.7 Å². The third-order valence-corrected chi connectivity index (χ3v) is 13.6. The van der Waals surface area contributed by atoms with Gasteiger partial charge in [-0.2, -0.15) is 0 Å². The number of rotatable bonds is 52. The van der Waals surface area contributed by atoms with Gasteiger partial charge in [0.05, 0.1) is 39.9 Å². The van der Waals surface area contributed by atoms with Gasteiger partial charge in [0.1, 0.15) is 13.2 Å². The van der Waals surface area contributed by atoms with Crippen LogP contribution in [-0.2, 0) is 18.4 Å². The highest BCUT2D eigenvalue weighted by molar-refractivity contribution is 7.45.